The molecule has 4 heterocycles. The zero-order chi connectivity index (χ0) is 19.0. The summed E-state index contributed by atoms with van der Waals surface area (Å²) in [5.74, 6) is 1.99. The number of likely N-dealkylation sites (tertiary alicyclic amines) is 1. The average molecular weight is 396 g/mol. The molecule has 1 aliphatic carbocycles. The first-order valence-corrected chi connectivity index (χ1v) is 11.1. The minimum atomic E-state index is -0.246. The van der Waals surface area contributed by atoms with Gasteiger partial charge in [0.05, 0.1) is 22.8 Å². The molecule has 0 bridgehead atoms. The Morgan fingerprint density at radius 2 is 2.07 bits per heavy atom. The SMILES string of the molecule is O=C(c1ccsc1)N1CCC2(CC1)Nc1cccnc1NC2=NC1CCCC1. The summed E-state index contributed by atoms with van der Waals surface area (Å²) in [7, 11) is 0. The molecule has 2 aliphatic heterocycles. The van der Waals surface area contributed by atoms with E-state index in [-0.39, 0.29) is 11.4 Å². The van der Waals surface area contributed by atoms with Crippen molar-refractivity contribution >= 4 is 34.6 Å². The predicted octanol–water partition coefficient (Wildman–Crippen LogP) is 4.00. The van der Waals surface area contributed by atoms with Gasteiger partial charge in [-0.25, -0.2) is 4.98 Å². The molecule has 5 rings (SSSR count). The van der Waals surface area contributed by atoms with Crippen molar-refractivity contribution in [2.45, 2.75) is 50.1 Å². The molecule has 0 radical (unpaired) electrons. The van der Waals surface area contributed by atoms with Crippen molar-refractivity contribution in [3.63, 3.8) is 0 Å². The molecule has 1 spiro atoms. The Labute approximate surface area is 169 Å². The number of pyridine rings is 1. The molecule has 7 heteroatoms. The quantitative estimate of drug-likeness (QED) is 0.806. The van der Waals surface area contributed by atoms with Crippen molar-refractivity contribution in [3.8, 4) is 0 Å². The highest BCUT2D eigenvalue weighted by Gasteiger charge is 2.44. The highest BCUT2D eigenvalue weighted by Crippen LogP contribution is 2.37. The number of fused-ring (bicyclic) bond motifs is 1. The number of hydrogen-bond donors (Lipinski definition) is 2. The van der Waals surface area contributed by atoms with Crippen LogP contribution in [0.2, 0.25) is 0 Å². The number of carbonyl (C=O) groups is 1. The van der Waals surface area contributed by atoms with Crippen molar-refractivity contribution in [2.75, 3.05) is 23.7 Å². The Morgan fingerprint density at radius 1 is 1.25 bits per heavy atom. The number of hydrogen-bond acceptors (Lipinski definition) is 5. The van der Waals surface area contributed by atoms with Crippen LogP contribution in [-0.4, -0.2) is 46.3 Å². The number of aliphatic imine (C=N–C) groups is 1. The second-order valence-corrected chi connectivity index (χ2v) is 8.73. The fourth-order valence-corrected chi connectivity index (χ4v) is 5.18. The topological polar surface area (TPSA) is 69.6 Å². The number of amides is 1. The van der Waals surface area contributed by atoms with Crippen LogP contribution >= 0.6 is 11.3 Å². The van der Waals surface area contributed by atoms with Gasteiger partial charge in [0.1, 0.15) is 5.84 Å². The largest absolute Gasteiger partial charge is 0.370 e. The Balaban J connectivity index is 1.40. The number of aromatic nitrogens is 1. The molecule has 3 aliphatic rings. The van der Waals surface area contributed by atoms with Crippen LogP contribution in [0, 0.1) is 0 Å². The highest BCUT2D eigenvalue weighted by atomic mass is 32.1. The molecule has 146 valence electrons. The van der Waals surface area contributed by atoms with Crippen LogP contribution in [0.15, 0.2) is 40.1 Å². The van der Waals surface area contributed by atoms with Crippen molar-refractivity contribution in [1.29, 1.82) is 0 Å². The number of thiophene rings is 1. The maximum atomic E-state index is 12.7. The van der Waals surface area contributed by atoms with Crippen molar-refractivity contribution in [1.82, 2.24) is 9.88 Å². The number of amidine groups is 1. The molecule has 6 nitrogen and oxygen atoms in total. The molecule has 2 aromatic heterocycles. The third kappa shape index (κ3) is 3.17. The molecule has 1 saturated heterocycles. The van der Waals surface area contributed by atoms with Crippen molar-refractivity contribution in [2.24, 2.45) is 4.99 Å². The molecular formula is C21H25N5OS. The minimum Gasteiger partial charge on any atom is -0.370 e. The maximum absolute atomic E-state index is 12.7. The summed E-state index contributed by atoms with van der Waals surface area (Å²) < 4.78 is 0. The number of carbonyl (C=O) groups excluding carboxylic acids is 1. The number of rotatable bonds is 2. The van der Waals surface area contributed by atoms with E-state index >= 15 is 0 Å². The third-order valence-electron chi connectivity index (χ3n) is 6.18. The minimum absolute atomic E-state index is 0.135. The average Bonchev–Trinajstić information content (AvgIpc) is 3.43. The monoisotopic (exact) mass is 395 g/mol. The van der Waals surface area contributed by atoms with Crippen LogP contribution in [-0.2, 0) is 0 Å². The van der Waals surface area contributed by atoms with E-state index in [9.17, 15) is 4.79 Å². The van der Waals surface area contributed by atoms with Gasteiger partial charge in [0.15, 0.2) is 5.82 Å². The van der Waals surface area contributed by atoms with Gasteiger partial charge >= 0.3 is 0 Å². The molecule has 2 fully saturated rings. The van der Waals surface area contributed by atoms with E-state index in [2.05, 4.69) is 21.7 Å². The summed E-state index contributed by atoms with van der Waals surface area (Å²) in [5.41, 5.74) is 1.57. The second-order valence-electron chi connectivity index (χ2n) is 7.95. The Hall–Kier alpha value is -2.41. The van der Waals surface area contributed by atoms with E-state index in [0.717, 1.165) is 48.8 Å². The lowest BCUT2D eigenvalue weighted by molar-refractivity contribution is 0.0705. The number of piperidine rings is 1. The standard InChI is InChI=1S/C21H25N5OS/c27-19(15-7-13-28-14-15)26-11-8-21(9-12-26)20(23-16-4-1-2-5-16)24-18-17(25-21)6-3-10-22-18/h3,6-7,10,13-14,16,25H,1-2,4-5,8-9,11-12H2,(H,22,23,24). The first-order valence-electron chi connectivity index (χ1n) is 10.1. The molecule has 0 unspecified atom stereocenters. The summed E-state index contributed by atoms with van der Waals surface area (Å²) >= 11 is 1.57. The van der Waals surface area contributed by atoms with Gasteiger partial charge in [-0.1, -0.05) is 12.8 Å². The molecule has 0 atom stereocenters. The first kappa shape index (κ1) is 17.7. The Morgan fingerprint density at radius 3 is 2.82 bits per heavy atom. The summed E-state index contributed by atoms with van der Waals surface area (Å²) in [6.07, 6.45) is 8.35. The summed E-state index contributed by atoms with van der Waals surface area (Å²) in [5, 5.41) is 11.2. The molecule has 1 saturated carbocycles. The lowest BCUT2D eigenvalue weighted by Crippen LogP contribution is -2.59. The normalized spacial score (nSPS) is 22.7. The number of nitrogens with one attached hydrogen (secondary N) is 2. The van der Waals surface area contributed by atoms with Crippen molar-refractivity contribution in [3.05, 3.63) is 40.7 Å². The zero-order valence-electron chi connectivity index (χ0n) is 15.9. The third-order valence-corrected chi connectivity index (χ3v) is 6.86. The smallest absolute Gasteiger partial charge is 0.254 e. The second kappa shape index (κ2) is 7.20. The van der Waals surface area contributed by atoms with E-state index in [1.807, 2.05) is 27.8 Å². The number of anilines is 2. The zero-order valence-corrected chi connectivity index (χ0v) is 16.7. The van der Waals surface area contributed by atoms with Gasteiger partial charge in [0.2, 0.25) is 0 Å². The van der Waals surface area contributed by atoms with Gasteiger partial charge < -0.3 is 15.5 Å². The van der Waals surface area contributed by atoms with E-state index in [1.54, 1.807) is 17.5 Å². The number of nitrogens with zero attached hydrogens (tertiary/aromatic N) is 3. The van der Waals surface area contributed by atoms with Crippen LogP contribution < -0.4 is 10.6 Å². The predicted molar refractivity (Wildman–Crippen MR) is 113 cm³/mol. The van der Waals surface area contributed by atoms with Gasteiger partial charge in [-0.2, -0.15) is 11.3 Å². The lowest BCUT2D eigenvalue weighted by Gasteiger charge is -2.46. The maximum Gasteiger partial charge on any atom is 0.254 e. The van der Waals surface area contributed by atoms with Gasteiger partial charge in [-0.15, -0.1) is 0 Å². The molecule has 28 heavy (non-hydrogen) atoms. The lowest BCUT2D eigenvalue weighted by atomic mass is 9.84. The van der Waals surface area contributed by atoms with E-state index in [4.69, 9.17) is 4.99 Å². The molecule has 2 aromatic rings. The molecular weight excluding hydrogens is 370 g/mol. The molecule has 0 aromatic carbocycles. The van der Waals surface area contributed by atoms with Crippen LogP contribution in [0.3, 0.4) is 0 Å². The van der Waals surface area contributed by atoms with E-state index in [0.29, 0.717) is 6.04 Å². The Bertz CT molecular complexity index is 880. The van der Waals surface area contributed by atoms with Crippen LogP contribution in [0.5, 0.6) is 0 Å². The van der Waals surface area contributed by atoms with Crippen LogP contribution in [0.25, 0.3) is 0 Å². The summed E-state index contributed by atoms with van der Waals surface area (Å²) in [4.78, 5) is 24.3. The fourth-order valence-electron chi connectivity index (χ4n) is 4.55. The summed E-state index contributed by atoms with van der Waals surface area (Å²) in [6.45, 7) is 1.45. The van der Waals surface area contributed by atoms with E-state index < -0.39 is 0 Å². The van der Waals surface area contributed by atoms with Gasteiger partial charge in [0, 0.05) is 24.7 Å². The summed E-state index contributed by atoms with van der Waals surface area (Å²) in [6, 6.07) is 6.33. The van der Waals surface area contributed by atoms with Gasteiger partial charge in [0.25, 0.3) is 5.91 Å². The van der Waals surface area contributed by atoms with Crippen LogP contribution in [0.1, 0.15) is 48.9 Å². The molecule has 2 N–H and O–H groups in total. The van der Waals surface area contributed by atoms with Gasteiger partial charge in [-0.3, -0.25) is 9.79 Å². The molecule has 1 amide bonds. The van der Waals surface area contributed by atoms with Gasteiger partial charge in [-0.05, 0) is 49.3 Å². The highest BCUT2D eigenvalue weighted by molar-refractivity contribution is 7.08. The van der Waals surface area contributed by atoms with E-state index in [1.165, 1.54) is 25.7 Å². The first-order chi connectivity index (χ1) is 13.7. The fraction of sp³-hybridized carbons (Fsp3) is 0.476. The van der Waals surface area contributed by atoms with Crippen LogP contribution in [0.4, 0.5) is 11.5 Å². The van der Waals surface area contributed by atoms with Crippen molar-refractivity contribution < 1.29 is 4.79 Å². The Kier molecular flexibility index (Phi) is 4.55.